The first kappa shape index (κ1) is 18.4. The number of hydrogen-bond donors (Lipinski definition) is 2. The molecule has 0 amide bonds. The Balaban J connectivity index is 1.94. The number of halogens is 2. The molecular weight excluding hydrogens is 397 g/mol. The molecule has 142 valence electrons. The minimum atomic E-state index is -0.105. The Morgan fingerprint density at radius 3 is 2.43 bits per heavy atom. The highest BCUT2D eigenvalue weighted by molar-refractivity contribution is 6.35. The summed E-state index contributed by atoms with van der Waals surface area (Å²) in [5.41, 5.74) is 10.3. The molecule has 3 N–H and O–H groups in total. The summed E-state index contributed by atoms with van der Waals surface area (Å²) >= 11 is 12.2. The number of nitrogens with one attached hydrogen (secondary N) is 1. The van der Waals surface area contributed by atoms with E-state index >= 15 is 0 Å². The fraction of sp³-hybridized carbons (Fsp3) is 0.100. The van der Waals surface area contributed by atoms with Gasteiger partial charge in [-0.3, -0.25) is 9.48 Å². The van der Waals surface area contributed by atoms with Crippen molar-refractivity contribution in [3.05, 3.63) is 69.2 Å². The van der Waals surface area contributed by atoms with Crippen LogP contribution in [0.15, 0.2) is 53.6 Å². The van der Waals surface area contributed by atoms with Gasteiger partial charge < -0.3 is 15.6 Å². The van der Waals surface area contributed by atoms with Crippen molar-refractivity contribution in [1.82, 2.24) is 14.3 Å². The third-order valence-corrected chi connectivity index (χ3v) is 4.87. The van der Waals surface area contributed by atoms with Crippen LogP contribution in [0.2, 0.25) is 10.0 Å². The van der Waals surface area contributed by atoms with E-state index in [0.29, 0.717) is 26.6 Å². The maximum Gasteiger partial charge on any atom is 0.261 e. The van der Waals surface area contributed by atoms with Gasteiger partial charge in [-0.2, -0.15) is 5.10 Å². The molecule has 0 saturated heterocycles. The quantitative estimate of drug-likeness (QED) is 0.482. The zero-order valence-corrected chi connectivity index (χ0v) is 16.7. The molecule has 0 radical (unpaired) electrons. The van der Waals surface area contributed by atoms with Gasteiger partial charge in [0.1, 0.15) is 5.52 Å². The average Bonchev–Trinajstić information content (AvgIpc) is 3.01. The van der Waals surface area contributed by atoms with Crippen molar-refractivity contribution >= 4 is 51.2 Å². The minimum absolute atomic E-state index is 0.105. The van der Waals surface area contributed by atoms with Gasteiger partial charge in [-0.15, -0.1) is 0 Å². The molecule has 0 bridgehead atoms. The number of hydrogen-bond acceptors (Lipinski definition) is 4. The van der Waals surface area contributed by atoms with Crippen molar-refractivity contribution in [3.63, 3.8) is 0 Å². The van der Waals surface area contributed by atoms with E-state index in [-0.39, 0.29) is 5.56 Å². The molecule has 2 aromatic heterocycles. The van der Waals surface area contributed by atoms with Gasteiger partial charge in [0, 0.05) is 64.7 Å². The van der Waals surface area contributed by atoms with Crippen molar-refractivity contribution in [2.75, 3.05) is 11.1 Å². The lowest BCUT2D eigenvalue weighted by Crippen LogP contribution is -2.16. The van der Waals surface area contributed by atoms with Crippen LogP contribution in [0.5, 0.6) is 0 Å². The third kappa shape index (κ3) is 3.32. The van der Waals surface area contributed by atoms with Crippen LogP contribution < -0.4 is 16.6 Å². The highest BCUT2D eigenvalue weighted by atomic mass is 35.5. The van der Waals surface area contributed by atoms with Crippen LogP contribution >= 0.6 is 23.2 Å². The molecule has 0 atom stereocenters. The average molecular weight is 414 g/mol. The Morgan fingerprint density at radius 1 is 1.00 bits per heavy atom. The van der Waals surface area contributed by atoms with Gasteiger partial charge in [-0.25, -0.2) is 0 Å². The molecule has 28 heavy (non-hydrogen) atoms. The minimum Gasteiger partial charge on any atom is -0.399 e. The van der Waals surface area contributed by atoms with E-state index in [1.807, 2.05) is 12.1 Å². The van der Waals surface area contributed by atoms with Crippen LogP contribution in [0.25, 0.3) is 22.0 Å². The lowest BCUT2D eigenvalue weighted by Gasteiger charge is -2.15. The van der Waals surface area contributed by atoms with Crippen molar-refractivity contribution in [3.8, 4) is 11.1 Å². The molecule has 0 saturated carbocycles. The number of fused-ring (bicyclic) bond motifs is 1. The van der Waals surface area contributed by atoms with Crippen LogP contribution in [-0.4, -0.2) is 14.3 Å². The number of nitrogens with zero attached hydrogens (tertiary/aromatic N) is 3. The van der Waals surface area contributed by atoms with Crippen molar-refractivity contribution in [2.45, 2.75) is 0 Å². The Bertz CT molecular complexity index is 1260. The Morgan fingerprint density at radius 2 is 1.71 bits per heavy atom. The van der Waals surface area contributed by atoms with Crippen LogP contribution in [0.1, 0.15) is 0 Å². The summed E-state index contributed by atoms with van der Waals surface area (Å²) in [5, 5.41) is 9.43. The number of aromatic nitrogens is 3. The number of rotatable bonds is 3. The van der Waals surface area contributed by atoms with Crippen LogP contribution in [-0.2, 0) is 14.1 Å². The summed E-state index contributed by atoms with van der Waals surface area (Å²) in [5.74, 6) is 0. The highest BCUT2D eigenvalue weighted by Crippen LogP contribution is 2.36. The highest BCUT2D eigenvalue weighted by Gasteiger charge is 2.16. The number of benzene rings is 2. The molecule has 0 fully saturated rings. The van der Waals surface area contributed by atoms with Crippen molar-refractivity contribution in [2.24, 2.45) is 14.1 Å². The van der Waals surface area contributed by atoms with Gasteiger partial charge in [0.15, 0.2) is 0 Å². The third-order valence-electron chi connectivity index (χ3n) is 4.43. The van der Waals surface area contributed by atoms with E-state index in [0.717, 1.165) is 22.5 Å². The fourth-order valence-corrected chi connectivity index (χ4v) is 3.75. The molecule has 2 aromatic carbocycles. The summed E-state index contributed by atoms with van der Waals surface area (Å²) in [7, 11) is 3.50. The van der Waals surface area contributed by atoms with Gasteiger partial charge in [0.2, 0.25) is 0 Å². The largest absolute Gasteiger partial charge is 0.399 e. The Hall–Kier alpha value is -2.96. The topological polar surface area (TPSA) is 77.9 Å². The van der Waals surface area contributed by atoms with Crippen LogP contribution in [0, 0.1) is 0 Å². The first-order chi connectivity index (χ1) is 13.3. The van der Waals surface area contributed by atoms with E-state index in [1.165, 1.54) is 0 Å². The van der Waals surface area contributed by atoms with Crippen LogP contribution in [0.4, 0.5) is 17.1 Å². The summed E-state index contributed by atoms with van der Waals surface area (Å²) in [6, 6.07) is 10.8. The smallest absolute Gasteiger partial charge is 0.261 e. The first-order valence-corrected chi connectivity index (χ1v) is 9.23. The molecule has 0 aliphatic carbocycles. The number of anilines is 3. The first-order valence-electron chi connectivity index (χ1n) is 8.48. The maximum atomic E-state index is 12.5. The zero-order chi connectivity index (χ0) is 20.0. The Labute approximate surface area is 171 Å². The van der Waals surface area contributed by atoms with E-state index in [2.05, 4.69) is 10.4 Å². The molecule has 2 heterocycles. The van der Waals surface area contributed by atoms with E-state index in [4.69, 9.17) is 28.9 Å². The second-order valence-corrected chi connectivity index (χ2v) is 7.48. The number of aryl methyl sites for hydroxylation is 2. The monoisotopic (exact) mass is 413 g/mol. The summed E-state index contributed by atoms with van der Waals surface area (Å²) in [6.07, 6.45) is 3.49. The standard InChI is InChI=1S/C20H17Cl2N5O/c1-26-9-16(19-17(20(26)28)10-27(2)25-19)15-8-13(23)3-4-18(15)24-14-6-11(21)5-12(22)7-14/h3-10,24H,23H2,1-2H3. The predicted octanol–water partition coefficient (Wildman–Crippen LogP) is 4.57. The second kappa shape index (κ2) is 6.89. The SMILES string of the molecule is Cn1cc2c(=O)n(C)cc(-c3cc(N)ccc3Nc3cc(Cl)cc(Cl)c3)c2n1. The zero-order valence-electron chi connectivity index (χ0n) is 15.2. The molecule has 4 rings (SSSR count). The van der Waals surface area contributed by atoms with Crippen molar-refractivity contribution in [1.29, 1.82) is 0 Å². The molecule has 0 aliphatic heterocycles. The van der Waals surface area contributed by atoms with E-state index in [1.54, 1.807) is 60.0 Å². The molecular formula is C20H17Cl2N5O. The van der Waals surface area contributed by atoms with Crippen LogP contribution in [0.3, 0.4) is 0 Å². The predicted molar refractivity (Wildman–Crippen MR) is 116 cm³/mol. The fourth-order valence-electron chi connectivity index (χ4n) is 3.22. The number of nitrogens with two attached hydrogens (primary N) is 1. The maximum absolute atomic E-state index is 12.5. The van der Waals surface area contributed by atoms with Gasteiger partial charge in [-0.1, -0.05) is 23.2 Å². The number of nitrogen functional groups attached to an aromatic ring is 1. The molecule has 6 nitrogen and oxygen atoms in total. The molecule has 0 spiro atoms. The second-order valence-electron chi connectivity index (χ2n) is 6.61. The molecule has 0 unspecified atom stereocenters. The van der Waals surface area contributed by atoms with E-state index < -0.39 is 0 Å². The van der Waals surface area contributed by atoms with E-state index in [9.17, 15) is 4.79 Å². The Kier molecular flexibility index (Phi) is 4.53. The lowest BCUT2D eigenvalue weighted by molar-refractivity contribution is 0.780. The van der Waals surface area contributed by atoms with Gasteiger partial charge >= 0.3 is 0 Å². The summed E-state index contributed by atoms with van der Waals surface area (Å²) < 4.78 is 3.17. The molecule has 8 heteroatoms. The van der Waals surface area contributed by atoms with Crippen molar-refractivity contribution < 1.29 is 0 Å². The lowest BCUT2D eigenvalue weighted by atomic mass is 10.0. The normalized spacial score (nSPS) is 11.1. The van der Waals surface area contributed by atoms with Gasteiger partial charge in [0.25, 0.3) is 5.56 Å². The summed E-state index contributed by atoms with van der Waals surface area (Å²) in [4.78, 5) is 12.5. The summed E-state index contributed by atoms with van der Waals surface area (Å²) in [6.45, 7) is 0. The number of pyridine rings is 1. The molecule has 4 aromatic rings. The molecule has 0 aliphatic rings. The van der Waals surface area contributed by atoms with Gasteiger partial charge in [-0.05, 0) is 36.4 Å². The van der Waals surface area contributed by atoms with Gasteiger partial charge in [0.05, 0.1) is 5.39 Å².